The van der Waals surface area contributed by atoms with Gasteiger partial charge in [-0.3, -0.25) is 4.79 Å². The van der Waals surface area contributed by atoms with Crippen LogP contribution in [0.4, 0.5) is 5.69 Å². The van der Waals surface area contributed by atoms with E-state index < -0.39 is 0 Å². The number of hydrogen-bond acceptors (Lipinski definition) is 4. The highest BCUT2D eigenvalue weighted by atomic mass is 16.5. The van der Waals surface area contributed by atoms with Gasteiger partial charge in [-0.25, -0.2) is 0 Å². The first-order valence-electron chi connectivity index (χ1n) is 5.37. The summed E-state index contributed by atoms with van der Waals surface area (Å²) < 4.78 is 10.1. The second kappa shape index (κ2) is 6.88. The zero-order valence-corrected chi connectivity index (χ0v) is 10.2. The van der Waals surface area contributed by atoms with E-state index in [9.17, 15) is 4.79 Å². The van der Waals surface area contributed by atoms with Crippen LogP contribution in [0.1, 0.15) is 0 Å². The molecule has 0 aliphatic rings. The van der Waals surface area contributed by atoms with Gasteiger partial charge in [0.2, 0.25) is 0 Å². The molecule has 5 nitrogen and oxygen atoms in total. The number of rotatable bonds is 6. The van der Waals surface area contributed by atoms with Gasteiger partial charge in [0.15, 0.2) is 0 Å². The van der Waals surface area contributed by atoms with Crippen molar-refractivity contribution in [3.8, 4) is 5.75 Å². The minimum Gasteiger partial charge on any atom is -0.497 e. The van der Waals surface area contributed by atoms with Crippen molar-refractivity contribution in [1.29, 1.82) is 0 Å². The summed E-state index contributed by atoms with van der Waals surface area (Å²) in [5.41, 5.74) is 6.07. The Hall–Kier alpha value is -1.59. The van der Waals surface area contributed by atoms with Crippen LogP contribution in [0.5, 0.6) is 5.75 Å². The molecule has 0 fully saturated rings. The molecule has 0 saturated carbocycles. The Bertz CT molecular complexity index is 351. The van der Waals surface area contributed by atoms with E-state index in [0.717, 1.165) is 11.4 Å². The van der Waals surface area contributed by atoms with Crippen LogP contribution >= 0.6 is 0 Å². The van der Waals surface area contributed by atoms with Gasteiger partial charge < -0.3 is 20.1 Å². The molecule has 0 bridgehead atoms. The summed E-state index contributed by atoms with van der Waals surface area (Å²) in [6.07, 6.45) is 0. The zero-order chi connectivity index (χ0) is 12.7. The molecular weight excluding hydrogens is 220 g/mol. The number of ether oxygens (including phenoxy) is 2. The maximum atomic E-state index is 11.7. The van der Waals surface area contributed by atoms with Crippen LogP contribution in [0.2, 0.25) is 0 Å². The maximum Gasteiger partial charge on any atom is 0.252 e. The van der Waals surface area contributed by atoms with E-state index in [1.54, 1.807) is 26.3 Å². The van der Waals surface area contributed by atoms with Gasteiger partial charge in [-0.05, 0) is 24.3 Å². The number of nitrogens with zero attached hydrogens (tertiary/aromatic N) is 1. The van der Waals surface area contributed by atoms with E-state index in [1.165, 1.54) is 4.90 Å². The molecule has 0 aliphatic carbocycles. The predicted molar refractivity (Wildman–Crippen MR) is 66.3 cm³/mol. The smallest absolute Gasteiger partial charge is 0.252 e. The molecule has 1 aromatic rings. The number of methoxy groups -OCH3 is 1. The number of carbonyl (C=O) groups excluding carboxylic acids is 1. The number of benzene rings is 1. The van der Waals surface area contributed by atoms with E-state index >= 15 is 0 Å². The van der Waals surface area contributed by atoms with Crippen LogP contribution in [0.3, 0.4) is 0 Å². The third-order valence-corrected chi connectivity index (χ3v) is 2.32. The van der Waals surface area contributed by atoms with Crippen LogP contribution in [-0.2, 0) is 9.53 Å². The monoisotopic (exact) mass is 238 g/mol. The van der Waals surface area contributed by atoms with Crippen molar-refractivity contribution >= 4 is 11.6 Å². The highest BCUT2D eigenvalue weighted by molar-refractivity contribution is 5.93. The molecule has 5 heteroatoms. The minimum atomic E-state index is -0.108. The van der Waals surface area contributed by atoms with E-state index in [1.807, 2.05) is 12.1 Å². The first kappa shape index (κ1) is 13.5. The second-order valence-corrected chi connectivity index (χ2v) is 3.49. The van der Waals surface area contributed by atoms with Crippen molar-refractivity contribution in [2.45, 2.75) is 0 Å². The van der Waals surface area contributed by atoms with Crippen LogP contribution in [0.15, 0.2) is 24.3 Å². The molecule has 1 rings (SSSR count). The summed E-state index contributed by atoms with van der Waals surface area (Å²) in [6.45, 7) is 0.849. The first-order valence-corrected chi connectivity index (χ1v) is 5.37. The van der Waals surface area contributed by atoms with Crippen LogP contribution in [0, 0.1) is 0 Å². The predicted octanol–water partition coefficient (Wildman–Crippen LogP) is 0.633. The Kier molecular flexibility index (Phi) is 5.45. The molecule has 0 unspecified atom stereocenters. The van der Waals surface area contributed by atoms with Crippen LogP contribution in [-0.4, -0.2) is 39.8 Å². The number of hydrogen-bond donors (Lipinski definition) is 1. The maximum absolute atomic E-state index is 11.7. The van der Waals surface area contributed by atoms with Gasteiger partial charge in [-0.15, -0.1) is 0 Å². The lowest BCUT2D eigenvalue weighted by Gasteiger charge is -2.17. The Morgan fingerprint density at radius 1 is 1.35 bits per heavy atom. The quantitative estimate of drug-likeness (QED) is 0.738. The standard InChI is InChI=1S/C12H18N2O3/c1-14(12(15)9-17-8-7-13)10-3-5-11(16-2)6-4-10/h3-6H,7-9,13H2,1-2H3. The largest absolute Gasteiger partial charge is 0.497 e. The molecule has 1 amide bonds. The fourth-order valence-electron chi connectivity index (χ4n) is 1.29. The third-order valence-electron chi connectivity index (χ3n) is 2.32. The van der Waals surface area contributed by atoms with Gasteiger partial charge in [-0.2, -0.15) is 0 Å². The van der Waals surface area contributed by atoms with Gasteiger partial charge >= 0.3 is 0 Å². The third kappa shape index (κ3) is 4.05. The first-order chi connectivity index (χ1) is 8.19. The Balaban J connectivity index is 2.55. The molecular formula is C12H18N2O3. The molecule has 0 spiro atoms. The molecule has 1 aromatic carbocycles. The normalized spacial score (nSPS) is 10.1. The van der Waals surface area contributed by atoms with Gasteiger partial charge in [0, 0.05) is 19.3 Å². The summed E-state index contributed by atoms with van der Waals surface area (Å²) >= 11 is 0. The SMILES string of the molecule is COc1ccc(N(C)C(=O)COCCN)cc1. The van der Waals surface area contributed by atoms with Crippen molar-refractivity contribution in [2.24, 2.45) is 5.73 Å². The Morgan fingerprint density at radius 2 is 2.00 bits per heavy atom. The molecule has 94 valence electrons. The number of carbonyl (C=O) groups is 1. The summed E-state index contributed by atoms with van der Waals surface area (Å²) in [4.78, 5) is 13.2. The van der Waals surface area contributed by atoms with Crippen molar-refractivity contribution in [3.05, 3.63) is 24.3 Å². The van der Waals surface area contributed by atoms with Crippen LogP contribution < -0.4 is 15.4 Å². The fourth-order valence-corrected chi connectivity index (χ4v) is 1.29. The number of likely N-dealkylation sites (N-methyl/N-ethyl adjacent to an activating group) is 1. The summed E-state index contributed by atoms with van der Waals surface area (Å²) in [6, 6.07) is 7.25. The highest BCUT2D eigenvalue weighted by Crippen LogP contribution is 2.18. The van der Waals surface area contributed by atoms with Gasteiger partial charge in [0.25, 0.3) is 5.91 Å². The molecule has 2 N–H and O–H groups in total. The fraction of sp³-hybridized carbons (Fsp3) is 0.417. The average molecular weight is 238 g/mol. The lowest BCUT2D eigenvalue weighted by molar-refractivity contribution is -0.122. The highest BCUT2D eigenvalue weighted by Gasteiger charge is 2.10. The number of nitrogens with two attached hydrogens (primary N) is 1. The molecule has 0 aromatic heterocycles. The molecule has 17 heavy (non-hydrogen) atoms. The lowest BCUT2D eigenvalue weighted by atomic mass is 10.3. The zero-order valence-electron chi connectivity index (χ0n) is 10.2. The molecule has 0 heterocycles. The molecule has 0 radical (unpaired) electrons. The van der Waals surface area contributed by atoms with E-state index in [2.05, 4.69) is 0 Å². The van der Waals surface area contributed by atoms with E-state index in [4.69, 9.17) is 15.2 Å². The van der Waals surface area contributed by atoms with Gasteiger partial charge in [-0.1, -0.05) is 0 Å². The minimum absolute atomic E-state index is 0.0414. The van der Waals surface area contributed by atoms with Crippen molar-refractivity contribution < 1.29 is 14.3 Å². The second-order valence-electron chi connectivity index (χ2n) is 3.49. The van der Waals surface area contributed by atoms with Crippen molar-refractivity contribution in [2.75, 3.05) is 38.8 Å². The number of amides is 1. The van der Waals surface area contributed by atoms with Gasteiger partial charge in [0.05, 0.1) is 13.7 Å². The van der Waals surface area contributed by atoms with Crippen molar-refractivity contribution in [1.82, 2.24) is 0 Å². The van der Waals surface area contributed by atoms with Crippen LogP contribution in [0.25, 0.3) is 0 Å². The molecule has 0 aliphatic heterocycles. The van der Waals surface area contributed by atoms with E-state index in [0.29, 0.717) is 13.2 Å². The molecule has 0 saturated heterocycles. The Morgan fingerprint density at radius 3 is 2.53 bits per heavy atom. The summed E-state index contributed by atoms with van der Waals surface area (Å²) in [7, 11) is 3.31. The lowest BCUT2D eigenvalue weighted by Crippen LogP contribution is -2.30. The van der Waals surface area contributed by atoms with Crippen molar-refractivity contribution in [3.63, 3.8) is 0 Å². The summed E-state index contributed by atoms with van der Waals surface area (Å²) in [5, 5.41) is 0. The average Bonchev–Trinajstić information content (AvgIpc) is 2.38. The number of anilines is 1. The Labute approximate surface area is 101 Å². The summed E-state index contributed by atoms with van der Waals surface area (Å²) in [5.74, 6) is 0.651. The topological polar surface area (TPSA) is 64.8 Å². The van der Waals surface area contributed by atoms with Gasteiger partial charge in [0.1, 0.15) is 12.4 Å². The molecule has 0 atom stereocenters. The van der Waals surface area contributed by atoms with E-state index in [-0.39, 0.29) is 12.5 Å².